The number of carbonyl (C=O) groups is 1. The molecule has 2 rings (SSSR count). The smallest absolute Gasteiger partial charge is 0.255 e. The molecule has 0 saturated heterocycles. The predicted molar refractivity (Wildman–Crippen MR) is 78.7 cm³/mol. The lowest BCUT2D eigenvalue weighted by molar-refractivity contribution is 0.0935. The summed E-state index contributed by atoms with van der Waals surface area (Å²) in [5.74, 6) is 0.489. The van der Waals surface area contributed by atoms with Crippen LogP contribution in [0, 0.1) is 0 Å². The van der Waals surface area contributed by atoms with Gasteiger partial charge in [0.05, 0.1) is 18.2 Å². The highest BCUT2D eigenvalue weighted by atomic mass is 35.5. The molecule has 6 heteroatoms. The summed E-state index contributed by atoms with van der Waals surface area (Å²) in [6.45, 7) is 2.35. The van der Waals surface area contributed by atoms with Crippen LogP contribution in [0.25, 0.3) is 0 Å². The fraction of sp³-hybridized carbons (Fsp3) is 0.308. The van der Waals surface area contributed by atoms with E-state index in [1.807, 2.05) is 24.4 Å². The quantitative estimate of drug-likeness (QED) is 0.891. The van der Waals surface area contributed by atoms with Crippen LogP contribution in [0.2, 0.25) is 0 Å². The fourth-order valence-corrected chi connectivity index (χ4v) is 2.57. The number of amides is 1. The molecule has 0 aliphatic carbocycles. The first-order valence-electron chi connectivity index (χ1n) is 5.86. The highest BCUT2D eigenvalue weighted by molar-refractivity contribution is 7.10. The van der Waals surface area contributed by atoms with Crippen molar-refractivity contribution in [1.29, 1.82) is 0 Å². The topological polar surface area (TPSA) is 68.3 Å². The third-order valence-corrected chi connectivity index (χ3v) is 3.70. The van der Waals surface area contributed by atoms with E-state index in [4.69, 9.17) is 10.2 Å². The predicted octanol–water partition coefficient (Wildman–Crippen LogP) is 3.10. The van der Waals surface area contributed by atoms with Crippen molar-refractivity contribution in [2.75, 3.05) is 0 Å². The van der Waals surface area contributed by atoms with Crippen LogP contribution < -0.4 is 11.1 Å². The monoisotopic (exact) mass is 300 g/mol. The summed E-state index contributed by atoms with van der Waals surface area (Å²) in [4.78, 5) is 13.2. The van der Waals surface area contributed by atoms with E-state index in [9.17, 15) is 4.79 Å². The maximum atomic E-state index is 12.0. The van der Waals surface area contributed by atoms with Crippen LogP contribution in [0.4, 0.5) is 0 Å². The number of rotatable bonds is 5. The van der Waals surface area contributed by atoms with Gasteiger partial charge in [0.15, 0.2) is 0 Å². The van der Waals surface area contributed by atoms with Crippen molar-refractivity contribution in [3.05, 3.63) is 46.0 Å². The fourth-order valence-electron chi connectivity index (χ4n) is 1.71. The van der Waals surface area contributed by atoms with Gasteiger partial charge < -0.3 is 15.5 Å². The molecule has 1 atom stereocenters. The maximum Gasteiger partial charge on any atom is 0.255 e. The molecule has 0 aliphatic heterocycles. The Morgan fingerprint density at radius 1 is 1.58 bits per heavy atom. The number of carbonyl (C=O) groups excluding carboxylic acids is 1. The zero-order valence-electron chi connectivity index (χ0n) is 10.6. The normalized spacial score (nSPS) is 11.7. The van der Waals surface area contributed by atoms with Gasteiger partial charge in [-0.05, 0) is 23.9 Å². The Morgan fingerprint density at radius 3 is 2.89 bits per heavy atom. The molecule has 1 unspecified atom stereocenters. The summed E-state index contributed by atoms with van der Waals surface area (Å²) in [7, 11) is 0. The Morgan fingerprint density at radius 2 is 2.37 bits per heavy atom. The van der Waals surface area contributed by atoms with Crippen LogP contribution in [0.5, 0.6) is 0 Å². The molecule has 0 bridgehead atoms. The third kappa shape index (κ3) is 3.83. The highest BCUT2D eigenvalue weighted by Crippen LogP contribution is 2.22. The lowest BCUT2D eigenvalue weighted by atomic mass is 10.1. The van der Waals surface area contributed by atoms with Crippen molar-refractivity contribution >= 4 is 29.7 Å². The van der Waals surface area contributed by atoms with Crippen LogP contribution in [-0.4, -0.2) is 5.91 Å². The van der Waals surface area contributed by atoms with Crippen molar-refractivity contribution in [1.82, 2.24) is 5.32 Å². The second-order valence-corrected chi connectivity index (χ2v) is 4.93. The van der Waals surface area contributed by atoms with Gasteiger partial charge in [-0.25, -0.2) is 0 Å². The molecule has 2 aromatic rings. The standard InChI is InChI=1S/C13H16N2O2S.ClH/c1-2-11(12-4-3-5-18-12)15-13(16)9-6-10(7-14)17-8-9;/h3-6,8,11H,2,7,14H2,1H3,(H,15,16);1H. The molecular formula is C13H17ClN2O2S. The van der Waals surface area contributed by atoms with Crippen LogP contribution in [-0.2, 0) is 6.54 Å². The van der Waals surface area contributed by atoms with E-state index in [0.29, 0.717) is 17.9 Å². The molecule has 0 fully saturated rings. The molecular weight excluding hydrogens is 284 g/mol. The average Bonchev–Trinajstić information content (AvgIpc) is 3.05. The second-order valence-electron chi connectivity index (χ2n) is 3.96. The van der Waals surface area contributed by atoms with Crippen LogP contribution >= 0.6 is 23.7 Å². The Hall–Kier alpha value is -1.30. The number of hydrogen-bond donors (Lipinski definition) is 2. The molecule has 2 heterocycles. The SMILES string of the molecule is CCC(NC(=O)c1coc(CN)c1)c1cccs1.Cl. The minimum Gasteiger partial charge on any atom is -0.467 e. The highest BCUT2D eigenvalue weighted by Gasteiger charge is 2.16. The van der Waals surface area contributed by atoms with Crippen molar-refractivity contribution in [2.45, 2.75) is 25.9 Å². The average molecular weight is 301 g/mol. The molecule has 0 aromatic carbocycles. The summed E-state index contributed by atoms with van der Waals surface area (Å²) >= 11 is 1.64. The van der Waals surface area contributed by atoms with Gasteiger partial charge in [0.2, 0.25) is 0 Å². The molecule has 3 N–H and O–H groups in total. The minimum absolute atomic E-state index is 0. The number of hydrogen-bond acceptors (Lipinski definition) is 4. The molecule has 1 amide bonds. The number of halogens is 1. The van der Waals surface area contributed by atoms with Crippen molar-refractivity contribution in [3.63, 3.8) is 0 Å². The molecule has 104 valence electrons. The molecule has 0 saturated carbocycles. The molecule has 2 aromatic heterocycles. The number of nitrogens with two attached hydrogens (primary N) is 1. The molecule has 4 nitrogen and oxygen atoms in total. The maximum absolute atomic E-state index is 12.0. The van der Waals surface area contributed by atoms with Crippen molar-refractivity contribution in [3.8, 4) is 0 Å². The van der Waals surface area contributed by atoms with Gasteiger partial charge in [0, 0.05) is 4.88 Å². The summed E-state index contributed by atoms with van der Waals surface area (Å²) in [6, 6.07) is 5.74. The lowest BCUT2D eigenvalue weighted by Crippen LogP contribution is -2.27. The van der Waals surface area contributed by atoms with Crippen LogP contribution in [0.15, 0.2) is 34.3 Å². The first-order chi connectivity index (χ1) is 8.74. The Labute approximate surface area is 122 Å². The first-order valence-corrected chi connectivity index (χ1v) is 6.74. The molecule has 19 heavy (non-hydrogen) atoms. The summed E-state index contributed by atoms with van der Waals surface area (Å²) in [6.07, 6.45) is 2.30. The van der Waals surface area contributed by atoms with E-state index in [1.165, 1.54) is 6.26 Å². The van der Waals surface area contributed by atoms with Crippen molar-refractivity contribution < 1.29 is 9.21 Å². The minimum atomic E-state index is -0.126. The van der Waals surface area contributed by atoms with Gasteiger partial charge in [-0.15, -0.1) is 23.7 Å². The third-order valence-electron chi connectivity index (χ3n) is 2.72. The Kier molecular flexibility index (Phi) is 6.08. The van der Waals surface area contributed by atoms with Gasteiger partial charge in [0.25, 0.3) is 5.91 Å². The number of furan rings is 1. The van der Waals surface area contributed by atoms with E-state index in [-0.39, 0.29) is 24.4 Å². The zero-order chi connectivity index (χ0) is 13.0. The van der Waals surface area contributed by atoms with Gasteiger partial charge in [-0.2, -0.15) is 0 Å². The molecule has 0 aliphatic rings. The largest absolute Gasteiger partial charge is 0.467 e. The lowest BCUT2D eigenvalue weighted by Gasteiger charge is -2.14. The van der Waals surface area contributed by atoms with Crippen molar-refractivity contribution in [2.24, 2.45) is 5.73 Å². The molecule has 0 spiro atoms. The van der Waals surface area contributed by atoms with Crippen LogP contribution in [0.3, 0.4) is 0 Å². The second kappa shape index (κ2) is 7.33. The number of nitrogens with one attached hydrogen (secondary N) is 1. The van der Waals surface area contributed by atoms with E-state index < -0.39 is 0 Å². The van der Waals surface area contributed by atoms with E-state index >= 15 is 0 Å². The van der Waals surface area contributed by atoms with Crippen LogP contribution in [0.1, 0.15) is 40.4 Å². The first kappa shape index (κ1) is 15.8. The van der Waals surface area contributed by atoms with Gasteiger partial charge >= 0.3 is 0 Å². The van der Waals surface area contributed by atoms with E-state index in [2.05, 4.69) is 5.32 Å². The summed E-state index contributed by atoms with van der Waals surface area (Å²) < 4.78 is 5.16. The zero-order valence-corrected chi connectivity index (χ0v) is 12.2. The van der Waals surface area contributed by atoms with E-state index in [0.717, 1.165) is 11.3 Å². The summed E-state index contributed by atoms with van der Waals surface area (Å²) in [5, 5.41) is 5.00. The Bertz CT molecular complexity index is 510. The summed E-state index contributed by atoms with van der Waals surface area (Å²) in [5.41, 5.74) is 5.96. The van der Waals surface area contributed by atoms with E-state index in [1.54, 1.807) is 17.4 Å². The molecule has 0 radical (unpaired) electrons. The Balaban J connectivity index is 0.00000180. The van der Waals surface area contributed by atoms with Gasteiger partial charge in [-0.1, -0.05) is 13.0 Å². The van der Waals surface area contributed by atoms with Gasteiger partial charge in [-0.3, -0.25) is 4.79 Å². The number of thiophene rings is 1. The van der Waals surface area contributed by atoms with Gasteiger partial charge in [0.1, 0.15) is 12.0 Å².